The van der Waals surface area contributed by atoms with E-state index in [9.17, 15) is 0 Å². The quantitative estimate of drug-likeness (QED) is 0.241. The van der Waals surface area contributed by atoms with E-state index in [0.717, 1.165) is 69.2 Å². The number of nitrogens with zero attached hydrogens (tertiary/aromatic N) is 1. The molecule has 6 heteroatoms. The van der Waals surface area contributed by atoms with E-state index in [1.54, 1.807) is 0 Å². The Balaban J connectivity index is 2.20. The van der Waals surface area contributed by atoms with Gasteiger partial charge in [0.15, 0.2) is 0 Å². The third kappa shape index (κ3) is 9.16. The molecule has 0 aromatic carbocycles. The van der Waals surface area contributed by atoms with Gasteiger partial charge in [0, 0.05) is 37.1 Å². The molecule has 0 amide bonds. The van der Waals surface area contributed by atoms with Crippen molar-refractivity contribution < 1.29 is 23.7 Å². The van der Waals surface area contributed by atoms with Gasteiger partial charge in [0.05, 0.1) is 13.2 Å². The van der Waals surface area contributed by atoms with Gasteiger partial charge in [0.25, 0.3) is 0 Å². The third-order valence-electron chi connectivity index (χ3n) is 6.01. The topological polar surface area (TPSA) is 59.0 Å². The lowest BCUT2D eigenvalue weighted by atomic mass is 10.00. The molecule has 1 aromatic rings. The Morgan fingerprint density at radius 1 is 0.788 bits per heavy atom. The first-order chi connectivity index (χ1) is 16.2. The second kappa shape index (κ2) is 16.4. The van der Waals surface area contributed by atoms with E-state index in [2.05, 4.69) is 33.8 Å². The van der Waals surface area contributed by atoms with Gasteiger partial charge in [-0.25, -0.2) is 4.98 Å². The van der Waals surface area contributed by atoms with Crippen LogP contribution in [-0.4, -0.2) is 56.3 Å². The summed E-state index contributed by atoms with van der Waals surface area (Å²) in [7, 11) is 0. The highest BCUT2D eigenvalue weighted by Gasteiger charge is 2.47. The summed E-state index contributed by atoms with van der Waals surface area (Å²) in [5.41, 5.74) is 1.96. The molecule has 0 saturated carbocycles. The molecule has 0 aliphatic carbocycles. The molecule has 0 radical (unpaired) electrons. The zero-order valence-electron chi connectivity index (χ0n) is 21.6. The van der Waals surface area contributed by atoms with Crippen LogP contribution in [-0.2, 0) is 18.9 Å². The van der Waals surface area contributed by atoms with E-state index in [4.69, 9.17) is 28.7 Å². The maximum Gasteiger partial charge on any atom is 0.213 e. The van der Waals surface area contributed by atoms with Crippen molar-refractivity contribution in [1.82, 2.24) is 4.98 Å². The van der Waals surface area contributed by atoms with Gasteiger partial charge in [-0.05, 0) is 38.7 Å². The van der Waals surface area contributed by atoms with Crippen molar-refractivity contribution in [3.8, 4) is 5.88 Å². The van der Waals surface area contributed by atoms with Crippen LogP contribution in [0.5, 0.6) is 5.88 Å². The van der Waals surface area contributed by atoms with Gasteiger partial charge >= 0.3 is 0 Å². The summed E-state index contributed by atoms with van der Waals surface area (Å²) in [4.78, 5) is 4.70. The second-order valence-corrected chi connectivity index (χ2v) is 8.93. The number of aromatic nitrogens is 1. The minimum Gasteiger partial charge on any atom is -0.478 e. The Bertz CT molecular complexity index is 641. The van der Waals surface area contributed by atoms with E-state index in [1.807, 2.05) is 13.0 Å². The average molecular weight is 466 g/mol. The van der Waals surface area contributed by atoms with Crippen LogP contribution in [0.3, 0.4) is 0 Å². The minimum absolute atomic E-state index is 0.153. The summed E-state index contributed by atoms with van der Waals surface area (Å²) >= 11 is 0. The maximum atomic E-state index is 6.58. The van der Waals surface area contributed by atoms with Crippen LogP contribution < -0.4 is 4.74 Å². The molecular weight excluding hydrogens is 418 g/mol. The highest BCUT2D eigenvalue weighted by molar-refractivity contribution is 5.29. The molecule has 1 saturated heterocycles. The number of rotatable bonds is 18. The van der Waals surface area contributed by atoms with E-state index >= 15 is 0 Å². The smallest absolute Gasteiger partial charge is 0.213 e. The summed E-state index contributed by atoms with van der Waals surface area (Å²) in [5, 5.41) is 0. The van der Waals surface area contributed by atoms with Gasteiger partial charge < -0.3 is 23.7 Å². The Hall–Kier alpha value is -1.21. The monoisotopic (exact) mass is 465 g/mol. The molecule has 0 bridgehead atoms. The largest absolute Gasteiger partial charge is 0.478 e. The first-order valence-electron chi connectivity index (χ1n) is 13.2. The number of aryl methyl sites for hydroxylation is 1. The van der Waals surface area contributed by atoms with Gasteiger partial charge in [0.1, 0.15) is 24.4 Å². The molecule has 2 rings (SSSR count). The Morgan fingerprint density at radius 3 is 2.03 bits per heavy atom. The highest BCUT2D eigenvalue weighted by Crippen LogP contribution is 2.39. The zero-order valence-corrected chi connectivity index (χ0v) is 21.6. The van der Waals surface area contributed by atoms with Crippen LogP contribution in [0.15, 0.2) is 12.1 Å². The maximum absolute atomic E-state index is 6.58. The SMILES string of the molecule is CCCCOC[C@H]1O[C@@H](c2ccc(OCCCC)nc2C)[C@@H](OCCCC)C1OCCCC. The van der Waals surface area contributed by atoms with E-state index in [1.165, 1.54) is 0 Å². The average Bonchev–Trinajstić information content (AvgIpc) is 3.14. The molecule has 33 heavy (non-hydrogen) atoms. The molecular formula is C27H47NO5. The molecule has 1 unspecified atom stereocenters. The van der Waals surface area contributed by atoms with Crippen LogP contribution in [0.4, 0.5) is 0 Å². The van der Waals surface area contributed by atoms with Gasteiger partial charge in [-0.1, -0.05) is 53.4 Å². The Labute approximate surface area is 201 Å². The summed E-state index contributed by atoms with van der Waals surface area (Å²) < 4.78 is 31.1. The van der Waals surface area contributed by atoms with Crippen molar-refractivity contribution in [2.24, 2.45) is 0 Å². The number of hydrogen-bond acceptors (Lipinski definition) is 6. The van der Waals surface area contributed by atoms with Gasteiger partial charge in [0.2, 0.25) is 5.88 Å². The van der Waals surface area contributed by atoms with Crippen LogP contribution in [0.25, 0.3) is 0 Å². The Morgan fingerprint density at radius 2 is 1.39 bits per heavy atom. The second-order valence-electron chi connectivity index (χ2n) is 8.93. The van der Waals surface area contributed by atoms with Gasteiger partial charge in [-0.3, -0.25) is 0 Å². The van der Waals surface area contributed by atoms with Crippen molar-refractivity contribution in [3.05, 3.63) is 23.4 Å². The molecule has 1 fully saturated rings. The van der Waals surface area contributed by atoms with E-state index in [0.29, 0.717) is 32.3 Å². The van der Waals surface area contributed by atoms with Crippen molar-refractivity contribution in [2.45, 2.75) is 110 Å². The fourth-order valence-corrected chi connectivity index (χ4v) is 3.92. The number of unbranched alkanes of at least 4 members (excludes halogenated alkanes) is 4. The number of pyridine rings is 1. The minimum atomic E-state index is -0.231. The summed E-state index contributed by atoms with van der Waals surface area (Å²) in [6.07, 6.45) is 7.80. The first kappa shape index (κ1) is 28.0. The molecule has 6 nitrogen and oxygen atoms in total. The fraction of sp³-hybridized carbons (Fsp3) is 0.815. The van der Waals surface area contributed by atoms with Crippen LogP contribution in [0.1, 0.15) is 96.4 Å². The first-order valence-corrected chi connectivity index (χ1v) is 13.2. The fourth-order valence-electron chi connectivity index (χ4n) is 3.92. The molecule has 0 spiro atoms. The molecule has 1 aliphatic heterocycles. The summed E-state index contributed by atoms with van der Waals surface area (Å²) in [6, 6.07) is 4.02. The van der Waals surface area contributed by atoms with Gasteiger partial charge in [-0.2, -0.15) is 0 Å². The van der Waals surface area contributed by atoms with E-state index < -0.39 is 0 Å². The lowest BCUT2D eigenvalue weighted by Gasteiger charge is -2.25. The summed E-state index contributed by atoms with van der Waals surface area (Å²) in [5.74, 6) is 0.668. The standard InChI is InChI=1S/C27H47NO5/c1-6-10-16-29-20-23-26(31-18-12-8-3)27(32-19-13-9-4)25(33-23)22-14-15-24(28-21(22)5)30-17-11-7-2/h14-15,23,25-27H,6-13,16-20H2,1-5H3/t23-,25+,26?,27-/m1/s1. The van der Waals surface area contributed by atoms with E-state index in [-0.39, 0.29) is 24.4 Å². The van der Waals surface area contributed by atoms with Gasteiger partial charge in [-0.15, -0.1) is 0 Å². The predicted molar refractivity (Wildman–Crippen MR) is 132 cm³/mol. The van der Waals surface area contributed by atoms with Crippen molar-refractivity contribution in [3.63, 3.8) is 0 Å². The van der Waals surface area contributed by atoms with Crippen LogP contribution in [0.2, 0.25) is 0 Å². The number of ether oxygens (including phenoxy) is 5. The Kier molecular flexibility index (Phi) is 13.9. The van der Waals surface area contributed by atoms with Crippen molar-refractivity contribution in [2.75, 3.05) is 33.0 Å². The van der Waals surface area contributed by atoms with Crippen LogP contribution >= 0.6 is 0 Å². The lowest BCUT2D eigenvalue weighted by Crippen LogP contribution is -2.38. The molecule has 190 valence electrons. The van der Waals surface area contributed by atoms with Crippen LogP contribution in [0, 0.1) is 6.92 Å². The normalized spacial score (nSPS) is 22.7. The van der Waals surface area contributed by atoms with Crippen molar-refractivity contribution >= 4 is 0 Å². The highest BCUT2D eigenvalue weighted by atomic mass is 16.6. The lowest BCUT2D eigenvalue weighted by molar-refractivity contribution is -0.0795. The predicted octanol–water partition coefficient (Wildman–Crippen LogP) is 6.20. The molecule has 1 aromatic heterocycles. The third-order valence-corrected chi connectivity index (χ3v) is 6.01. The molecule has 4 atom stereocenters. The molecule has 1 aliphatic rings. The zero-order chi connectivity index (χ0) is 23.9. The molecule has 2 heterocycles. The molecule has 0 N–H and O–H groups in total. The number of hydrogen-bond donors (Lipinski definition) is 0. The summed E-state index contributed by atoms with van der Waals surface area (Å²) in [6.45, 7) is 14.1. The van der Waals surface area contributed by atoms with Crippen molar-refractivity contribution in [1.29, 1.82) is 0 Å².